The van der Waals surface area contributed by atoms with Gasteiger partial charge in [-0.2, -0.15) is 5.10 Å². The number of nitrogens with one attached hydrogen (secondary N) is 1. The molecular formula is C17H18BrN3. The molecule has 1 heterocycles. The molecule has 0 bridgehead atoms. The minimum absolute atomic E-state index is 0.327. The second kappa shape index (κ2) is 6.00. The highest BCUT2D eigenvalue weighted by molar-refractivity contribution is 9.10. The van der Waals surface area contributed by atoms with E-state index in [1.807, 2.05) is 23.0 Å². The molecule has 0 radical (unpaired) electrons. The molecule has 3 aromatic rings. The summed E-state index contributed by atoms with van der Waals surface area (Å²) in [7, 11) is 0. The van der Waals surface area contributed by atoms with E-state index in [1.165, 1.54) is 5.56 Å². The van der Waals surface area contributed by atoms with Crippen LogP contribution in [-0.4, -0.2) is 16.3 Å². The molecule has 1 unspecified atom stereocenters. The van der Waals surface area contributed by atoms with Crippen LogP contribution in [0.15, 0.2) is 53.1 Å². The molecule has 4 heteroatoms. The molecule has 108 valence electrons. The van der Waals surface area contributed by atoms with Crippen LogP contribution < -0.4 is 5.32 Å². The fourth-order valence-corrected chi connectivity index (χ4v) is 3.30. The minimum Gasteiger partial charge on any atom is -0.310 e. The minimum atomic E-state index is 0.327. The highest BCUT2D eigenvalue weighted by Gasteiger charge is 2.11. The third kappa shape index (κ3) is 2.74. The predicted molar refractivity (Wildman–Crippen MR) is 90.9 cm³/mol. The SMILES string of the molecule is CCNC(C)c1ccc(-n2ncc3ccccc32)cc1Br. The van der Waals surface area contributed by atoms with Gasteiger partial charge in [-0.25, -0.2) is 4.68 Å². The summed E-state index contributed by atoms with van der Waals surface area (Å²) in [5, 5.41) is 9.08. The van der Waals surface area contributed by atoms with E-state index < -0.39 is 0 Å². The van der Waals surface area contributed by atoms with E-state index in [1.54, 1.807) is 0 Å². The Kier molecular flexibility index (Phi) is 4.08. The first kappa shape index (κ1) is 14.3. The number of benzene rings is 2. The van der Waals surface area contributed by atoms with Crippen molar-refractivity contribution in [2.24, 2.45) is 0 Å². The van der Waals surface area contributed by atoms with E-state index in [0.29, 0.717) is 6.04 Å². The monoisotopic (exact) mass is 343 g/mol. The van der Waals surface area contributed by atoms with Crippen LogP contribution in [0.4, 0.5) is 0 Å². The number of para-hydroxylation sites is 1. The zero-order valence-corrected chi connectivity index (χ0v) is 13.8. The highest BCUT2D eigenvalue weighted by Crippen LogP contribution is 2.27. The number of halogens is 1. The molecule has 21 heavy (non-hydrogen) atoms. The van der Waals surface area contributed by atoms with Crippen molar-refractivity contribution in [3.8, 4) is 5.69 Å². The van der Waals surface area contributed by atoms with E-state index in [0.717, 1.165) is 27.6 Å². The average Bonchev–Trinajstić information content (AvgIpc) is 2.91. The molecule has 0 aliphatic carbocycles. The van der Waals surface area contributed by atoms with Crippen molar-refractivity contribution in [2.45, 2.75) is 19.9 Å². The van der Waals surface area contributed by atoms with Crippen molar-refractivity contribution in [3.05, 3.63) is 58.7 Å². The van der Waals surface area contributed by atoms with Gasteiger partial charge in [0.25, 0.3) is 0 Å². The van der Waals surface area contributed by atoms with Crippen molar-refractivity contribution >= 4 is 26.8 Å². The lowest BCUT2D eigenvalue weighted by atomic mass is 10.1. The van der Waals surface area contributed by atoms with Gasteiger partial charge in [-0.15, -0.1) is 0 Å². The van der Waals surface area contributed by atoms with Crippen molar-refractivity contribution in [3.63, 3.8) is 0 Å². The number of hydrogen-bond donors (Lipinski definition) is 1. The molecule has 0 aliphatic rings. The van der Waals surface area contributed by atoms with Gasteiger partial charge in [-0.05, 0) is 37.2 Å². The maximum Gasteiger partial charge on any atom is 0.0741 e. The third-order valence-corrected chi connectivity index (χ3v) is 4.37. The largest absolute Gasteiger partial charge is 0.310 e. The van der Waals surface area contributed by atoms with Gasteiger partial charge in [0.2, 0.25) is 0 Å². The second-order valence-corrected chi connectivity index (χ2v) is 5.95. The van der Waals surface area contributed by atoms with Crippen molar-refractivity contribution in [2.75, 3.05) is 6.54 Å². The summed E-state index contributed by atoms with van der Waals surface area (Å²) in [5.41, 5.74) is 3.45. The third-order valence-electron chi connectivity index (χ3n) is 3.68. The lowest BCUT2D eigenvalue weighted by Crippen LogP contribution is -2.18. The topological polar surface area (TPSA) is 29.9 Å². The van der Waals surface area contributed by atoms with Crippen LogP contribution in [0.3, 0.4) is 0 Å². The van der Waals surface area contributed by atoms with Crippen molar-refractivity contribution < 1.29 is 0 Å². The zero-order valence-electron chi connectivity index (χ0n) is 12.2. The van der Waals surface area contributed by atoms with Gasteiger partial charge in [0, 0.05) is 15.9 Å². The summed E-state index contributed by atoms with van der Waals surface area (Å²) in [5.74, 6) is 0. The fraction of sp³-hybridized carbons (Fsp3) is 0.235. The van der Waals surface area contributed by atoms with E-state index in [2.05, 4.69) is 70.5 Å². The maximum absolute atomic E-state index is 4.50. The van der Waals surface area contributed by atoms with Crippen LogP contribution in [-0.2, 0) is 0 Å². The van der Waals surface area contributed by atoms with Crippen LogP contribution in [0.1, 0.15) is 25.5 Å². The Morgan fingerprint density at radius 1 is 1.24 bits per heavy atom. The summed E-state index contributed by atoms with van der Waals surface area (Å²) < 4.78 is 3.08. The molecule has 0 aliphatic heterocycles. The Balaban J connectivity index is 2.02. The highest BCUT2D eigenvalue weighted by atomic mass is 79.9. The van der Waals surface area contributed by atoms with Crippen LogP contribution in [0.5, 0.6) is 0 Å². The Labute approximate surface area is 133 Å². The van der Waals surface area contributed by atoms with Crippen molar-refractivity contribution in [1.82, 2.24) is 15.1 Å². The van der Waals surface area contributed by atoms with Gasteiger partial charge in [0.05, 0.1) is 17.4 Å². The maximum atomic E-state index is 4.50. The molecule has 3 rings (SSSR count). The predicted octanol–water partition coefficient (Wildman–Crippen LogP) is 4.46. The van der Waals surface area contributed by atoms with Gasteiger partial charge in [0.1, 0.15) is 0 Å². The lowest BCUT2D eigenvalue weighted by Gasteiger charge is -2.15. The van der Waals surface area contributed by atoms with Crippen LogP contribution in [0.2, 0.25) is 0 Å². The summed E-state index contributed by atoms with van der Waals surface area (Å²) in [6.45, 7) is 5.25. The molecular weight excluding hydrogens is 326 g/mol. The number of rotatable bonds is 4. The van der Waals surface area contributed by atoms with Gasteiger partial charge in [0.15, 0.2) is 0 Å². The summed E-state index contributed by atoms with van der Waals surface area (Å²) in [6.07, 6.45) is 1.90. The van der Waals surface area contributed by atoms with Crippen LogP contribution in [0, 0.1) is 0 Å². The number of hydrogen-bond acceptors (Lipinski definition) is 2. The van der Waals surface area contributed by atoms with Crippen LogP contribution in [0.25, 0.3) is 16.6 Å². The summed E-state index contributed by atoms with van der Waals surface area (Å²) in [4.78, 5) is 0. The first-order valence-corrected chi connectivity index (χ1v) is 7.96. The molecule has 0 saturated carbocycles. The van der Waals surface area contributed by atoms with Gasteiger partial charge in [-0.1, -0.05) is 47.1 Å². The molecule has 0 fully saturated rings. The van der Waals surface area contributed by atoms with Gasteiger partial charge >= 0.3 is 0 Å². The molecule has 2 aromatic carbocycles. The molecule has 1 N–H and O–H groups in total. The first-order valence-electron chi connectivity index (χ1n) is 7.16. The second-order valence-electron chi connectivity index (χ2n) is 5.10. The number of aromatic nitrogens is 2. The van der Waals surface area contributed by atoms with E-state index in [4.69, 9.17) is 0 Å². The lowest BCUT2D eigenvalue weighted by molar-refractivity contribution is 0.596. The molecule has 0 saturated heterocycles. The first-order chi connectivity index (χ1) is 10.2. The summed E-state index contributed by atoms with van der Waals surface area (Å²) in [6, 6.07) is 15.0. The molecule has 1 aromatic heterocycles. The number of nitrogens with zero attached hydrogens (tertiary/aromatic N) is 2. The van der Waals surface area contributed by atoms with E-state index >= 15 is 0 Å². The fourth-order valence-electron chi connectivity index (χ4n) is 2.59. The van der Waals surface area contributed by atoms with Crippen LogP contribution >= 0.6 is 15.9 Å². The van der Waals surface area contributed by atoms with Gasteiger partial charge < -0.3 is 5.32 Å². The van der Waals surface area contributed by atoms with E-state index in [-0.39, 0.29) is 0 Å². The molecule has 1 atom stereocenters. The quantitative estimate of drug-likeness (QED) is 0.757. The standard InChI is InChI=1S/C17H18BrN3/c1-3-19-12(2)15-9-8-14(10-16(15)18)21-17-7-5-4-6-13(17)11-20-21/h4-12,19H,3H2,1-2H3. The average molecular weight is 344 g/mol. The molecule has 0 amide bonds. The molecule has 0 spiro atoms. The zero-order chi connectivity index (χ0) is 14.8. The van der Waals surface area contributed by atoms with Gasteiger partial charge in [-0.3, -0.25) is 0 Å². The van der Waals surface area contributed by atoms with Crippen molar-refractivity contribution in [1.29, 1.82) is 0 Å². The number of fused-ring (bicyclic) bond motifs is 1. The Morgan fingerprint density at radius 3 is 2.81 bits per heavy atom. The summed E-state index contributed by atoms with van der Waals surface area (Å²) >= 11 is 3.69. The normalized spacial score (nSPS) is 12.7. The Morgan fingerprint density at radius 2 is 2.05 bits per heavy atom. The molecule has 3 nitrogen and oxygen atoms in total. The Hall–Kier alpha value is -1.65. The Bertz CT molecular complexity index is 764. The smallest absolute Gasteiger partial charge is 0.0741 e. The van der Waals surface area contributed by atoms with E-state index in [9.17, 15) is 0 Å².